The van der Waals surface area contributed by atoms with Crippen LogP contribution in [0.15, 0.2) is 27.5 Å². The Labute approximate surface area is 180 Å². The van der Waals surface area contributed by atoms with E-state index in [0.717, 1.165) is 15.8 Å². The average molecular weight is 460 g/mol. The van der Waals surface area contributed by atoms with Crippen LogP contribution in [-0.4, -0.2) is 33.4 Å². The van der Waals surface area contributed by atoms with Gasteiger partial charge in [0.25, 0.3) is 0 Å². The summed E-state index contributed by atoms with van der Waals surface area (Å²) in [5, 5.41) is 4.01. The first-order valence-corrected chi connectivity index (χ1v) is 9.64. The van der Waals surface area contributed by atoms with E-state index in [0.29, 0.717) is 33.6 Å². The molecule has 4 aromatic rings. The third kappa shape index (κ3) is 2.88. The van der Waals surface area contributed by atoms with Crippen LogP contribution in [0.4, 0.5) is 0 Å². The Morgan fingerprint density at radius 1 is 1.19 bits per heavy atom. The fraction of sp³-hybridized carbons (Fsp3) is 0.235. The van der Waals surface area contributed by atoms with Crippen LogP contribution < -0.4 is 5.69 Å². The first-order valence-electron chi connectivity index (χ1n) is 7.79. The van der Waals surface area contributed by atoms with Crippen molar-refractivity contribution >= 4 is 32.2 Å². The Morgan fingerprint density at radius 3 is 2.52 bits per heavy atom. The molecule has 0 N–H and O–H groups in total. The second kappa shape index (κ2) is 6.65. The van der Waals surface area contributed by atoms with Gasteiger partial charge in [0.2, 0.25) is 10.0 Å². The fourth-order valence-electron chi connectivity index (χ4n) is 3.15. The van der Waals surface area contributed by atoms with E-state index in [2.05, 4.69) is 16.2 Å². The minimum Gasteiger partial charge on any atom is -0.359 e. The molecule has 0 unspecified atom stereocenters. The second-order valence-electron chi connectivity index (χ2n) is 6.20. The SMILES string of the molecule is Cc1c[c-]ccc1-n1c(=O)n(S(C)(=O)=O)c2nc3c(C)onc3c(C)c21.[Y]. The van der Waals surface area contributed by atoms with E-state index in [4.69, 9.17) is 4.52 Å². The monoisotopic (exact) mass is 460 g/mol. The van der Waals surface area contributed by atoms with E-state index in [-0.39, 0.29) is 38.4 Å². The van der Waals surface area contributed by atoms with Crippen LogP contribution in [0.2, 0.25) is 0 Å². The molecule has 0 saturated heterocycles. The number of fused-ring (bicyclic) bond motifs is 2. The first kappa shape index (κ1) is 19.9. The number of nitrogens with zero attached hydrogens (tertiary/aromatic N) is 4. The van der Waals surface area contributed by atoms with Gasteiger partial charge < -0.3 is 4.52 Å². The van der Waals surface area contributed by atoms with Crippen LogP contribution in [0.1, 0.15) is 16.9 Å². The number of rotatable bonds is 2. The van der Waals surface area contributed by atoms with Crippen molar-refractivity contribution < 1.29 is 45.7 Å². The molecule has 0 atom stereocenters. The van der Waals surface area contributed by atoms with Gasteiger partial charge in [-0.15, -0.1) is 11.6 Å². The molecule has 8 nitrogen and oxygen atoms in total. The maximum absolute atomic E-state index is 13.1. The minimum atomic E-state index is -3.88. The maximum atomic E-state index is 13.1. The number of hydrogen-bond donors (Lipinski definition) is 0. The van der Waals surface area contributed by atoms with E-state index in [9.17, 15) is 13.2 Å². The van der Waals surface area contributed by atoms with Gasteiger partial charge in [0, 0.05) is 38.3 Å². The average Bonchev–Trinajstić information content (AvgIpc) is 3.06. The molecule has 0 spiro atoms. The molecule has 0 aliphatic heterocycles. The summed E-state index contributed by atoms with van der Waals surface area (Å²) in [5.74, 6) is 0.454. The van der Waals surface area contributed by atoms with E-state index >= 15 is 0 Å². The minimum absolute atomic E-state index is 0. The summed E-state index contributed by atoms with van der Waals surface area (Å²) in [6.07, 6.45) is 0.978. The quantitative estimate of drug-likeness (QED) is 0.424. The van der Waals surface area contributed by atoms with E-state index in [1.54, 1.807) is 32.0 Å². The Hall–Kier alpha value is -1.84. The molecule has 1 aromatic carbocycles. The maximum Gasteiger partial charge on any atom is 0.347 e. The van der Waals surface area contributed by atoms with Crippen molar-refractivity contribution in [3.8, 4) is 5.69 Å². The normalized spacial score (nSPS) is 11.9. The first-order chi connectivity index (χ1) is 12.2. The summed E-state index contributed by atoms with van der Waals surface area (Å²) in [7, 11) is -3.88. The van der Waals surface area contributed by atoms with Crippen molar-refractivity contribution in [1.82, 2.24) is 18.7 Å². The zero-order chi connectivity index (χ0) is 18.8. The van der Waals surface area contributed by atoms with Crippen LogP contribution in [0.5, 0.6) is 0 Å². The number of hydrogen-bond acceptors (Lipinski definition) is 6. The Morgan fingerprint density at radius 2 is 1.89 bits per heavy atom. The fourth-order valence-corrected chi connectivity index (χ4v) is 3.96. The molecule has 137 valence electrons. The largest absolute Gasteiger partial charge is 0.359 e. The number of pyridine rings is 1. The van der Waals surface area contributed by atoms with Gasteiger partial charge in [-0.1, -0.05) is 17.8 Å². The van der Waals surface area contributed by atoms with Crippen molar-refractivity contribution in [2.75, 3.05) is 6.26 Å². The van der Waals surface area contributed by atoms with Gasteiger partial charge in [0.1, 0.15) is 11.0 Å². The Balaban J connectivity index is 0.00000210. The van der Waals surface area contributed by atoms with Crippen LogP contribution in [0.3, 0.4) is 0 Å². The number of aromatic nitrogens is 4. The molecule has 0 fully saturated rings. The van der Waals surface area contributed by atoms with E-state index in [1.165, 1.54) is 4.57 Å². The molecular formula is C17H15N4O4SY-. The van der Waals surface area contributed by atoms with Gasteiger partial charge in [-0.3, -0.25) is 4.57 Å². The van der Waals surface area contributed by atoms with Gasteiger partial charge in [0.15, 0.2) is 11.4 Å². The predicted octanol–water partition coefficient (Wildman–Crippen LogP) is 1.86. The van der Waals surface area contributed by atoms with Gasteiger partial charge in [0.05, 0.1) is 11.8 Å². The number of imidazole rings is 1. The standard InChI is InChI=1S/C17H15N4O4S.Y/c1-9-7-5-6-8-12(9)20-15-10(2)13-14(11(3)25-19-13)18-16(15)21(17(20)22)26(4,23)24;/h6-8H,1-4H3;/q-1;. The summed E-state index contributed by atoms with van der Waals surface area (Å²) in [6.45, 7) is 5.27. The van der Waals surface area contributed by atoms with Crippen molar-refractivity contribution in [2.24, 2.45) is 0 Å². The second-order valence-corrected chi connectivity index (χ2v) is 8.03. The summed E-state index contributed by atoms with van der Waals surface area (Å²) in [4.78, 5) is 17.5. The summed E-state index contributed by atoms with van der Waals surface area (Å²) >= 11 is 0. The van der Waals surface area contributed by atoms with Crippen LogP contribution in [0.25, 0.3) is 27.9 Å². The van der Waals surface area contributed by atoms with Gasteiger partial charge in [-0.05, 0) is 13.8 Å². The topological polar surface area (TPSA) is 100.0 Å². The van der Waals surface area contributed by atoms with Crippen molar-refractivity contribution in [3.05, 3.63) is 51.6 Å². The smallest absolute Gasteiger partial charge is 0.347 e. The van der Waals surface area contributed by atoms with Crippen LogP contribution in [-0.2, 0) is 42.7 Å². The summed E-state index contributed by atoms with van der Waals surface area (Å²) < 4.78 is 31.9. The molecule has 0 amide bonds. The molecule has 0 aliphatic carbocycles. The molecule has 4 rings (SSSR count). The summed E-state index contributed by atoms with van der Waals surface area (Å²) in [5.41, 5.74) is 2.63. The van der Waals surface area contributed by atoms with E-state index in [1.807, 2.05) is 6.92 Å². The molecule has 0 bridgehead atoms. The van der Waals surface area contributed by atoms with Gasteiger partial charge in [-0.2, -0.15) is 22.2 Å². The molecule has 3 heterocycles. The molecule has 10 heteroatoms. The predicted molar refractivity (Wildman–Crippen MR) is 96.2 cm³/mol. The summed E-state index contributed by atoms with van der Waals surface area (Å²) in [6, 6.07) is 8.04. The van der Waals surface area contributed by atoms with Crippen LogP contribution >= 0.6 is 0 Å². The number of benzene rings is 1. The zero-order valence-electron chi connectivity index (χ0n) is 15.1. The molecule has 0 aliphatic rings. The Bertz CT molecular complexity index is 1370. The van der Waals surface area contributed by atoms with Crippen molar-refractivity contribution in [2.45, 2.75) is 20.8 Å². The third-order valence-electron chi connectivity index (χ3n) is 4.37. The molecular weight excluding hydrogens is 445 g/mol. The van der Waals surface area contributed by atoms with Crippen LogP contribution in [0, 0.1) is 26.8 Å². The van der Waals surface area contributed by atoms with Crippen molar-refractivity contribution in [1.29, 1.82) is 0 Å². The molecule has 0 saturated carbocycles. The molecule has 1 radical (unpaired) electrons. The zero-order valence-corrected chi connectivity index (χ0v) is 18.8. The van der Waals surface area contributed by atoms with Crippen molar-refractivity contribution in [3.63, 3.8) is 0 Å². The van der Waals surface area contributed by atoms with E-state index < -0.39 is 15.7 Å². The Kier molecular flexibility index (Phi) is 4.90. The van der Waals surface area contributed by atoms with Gasteiger partial charge in [-0.25, -0.2) is 18.2 Å². The molecule has 3 aromatic heterocycles. The van der Waals surface area contributed by atoms with Gasteiger partial charge >= 0.3 is 5.69 Å². The molecule has 27 heavy (non-hydrogen) atoms. The number of aryl methyl sites for hydroxylation is 3. The third-order valence-corrected chi connectivity index (χ3v) is 5.36.